The van der Waals surface area contributed by atoms with Gasteiger partial charge >= 0.3 is 6.03 Å². The zero-order valence-electron chi connectivity index (χ0n) is 16.2. The van der Waals surface area contributed by atoms with E-state index in [9.17, 15) is 9.59 Å². The van der Waals surface area contributed by atoms with E-state index in [-0.39, 0.29) is 18.0 Å². The molecule has 1 N–H and O–H groups in total. The number of hydrogen-bond acceptors (Lipinski definition) is 4. The van der Waals surface area contributed by atoms with Gasteiger partial charge < -0.3 is 24.4 Å². The molecule has 3 aliphatic rings. The van der Waals surface area contributed by atoms with E-state index in [1.807, 2.05) is 29.8 Å². The lowest BCUT2D eigenvalue weighted by Gasteiger charge is -2.46. The number of urea groups is 1. The second-order valence-electron chi connectivity index (χ2n) is 8.13. The number of amides is 3. The van der Waals surface area contributed by atoms with Gasteiger partial charge in [-0.15, -0.1) is 0 Å². The summed E-state index contributed by atoms with van der Waals surface area (Å²) in [6.07, 6.45) is 6.68. The third-order valence-electron chi connectivity index (χ3n) is 5.82. The van der Waals surface area contributed by atoms with Gasteiger partial charge in [-0.2, -0.15) is 0 Å². The standard InChI is InChI=1S/C19H29N5O3/c1-14(2)21-18(26)23-10-5-19(6-11-23)17-20-7-12-24(17)13-15(27-19)16(25)22-8-3-4-9-22/h7,12,14-15H,3-6,8-11,13H2,1-2H3,(H,21,26)/t15-/m1/s1. The monoisotopic (exact) mass is 375 g/mol. The maximum Gasteiger partial charge on any atom is 0.317 e. The lowest BCUT2D eigenvalue weighted by molar-refractivity contribution is -0.179. The molecule has 148 valence electrons. The van der Waals surface area contributed by atoms with Crippen molar-refractivity contribution in [2.24, 2.45) is 0 Å². The number of hydrogen-bond donors (Lipinski definition) is 1. The normalized spacial score (nSPS) is 24.3. The number of carbonyl (C=O) groups is 2. The van der Waals surface area contributed by atoms with Gasteiger partial charge in [0.15, 0.2) is 6.10 Å². The van der Waals surface area contributed by atoms with Crippen molar-refractivity contribution in [1.82, 2.24) is 24.7 Å². The third-order valence-corrected chi connectivity index (χ3v) is 5.82. The molecule has 1 atom stereocenters. The Morgan fingerprint density at radius 2 is 1.89 bits per heavy atom. The highest BCUT2D eigenvalue weighted by Crippen LogP contribution is 2.40. The zero-order chi connectivity index (χ0) is 19.0. The van der Waals surface area contributed by atoms with E-state index in [0.717, 1.165) is 31.8 Å². The maximum absolute atomic E-state index is 12.9. The van der Waals surface area contributed by atoms with Gasteiger partial charge in [-0.3, -0.25) is 4.79 Å². The number of nitrogens with zero attached hydrogens (tertiary/aromatic N) is 4. The summed E-state index contributed by atoms with van der Waals surface area (Å²) in [4.78, 5) is 33.5. The largest absolute Gasteiger partial charge is 0.352 e. The van der Waals surface area contributed by atoms with E-state index < -0.39 is 11.7 Å². The van der Waals surface area contributed by atoms with Crippen molar-refractivity contribution in [3.05, 3.63) is 18.2 Å². The summed E-state index contributed by atoms with van der Waals surface area (Å²) in [5, 5.41) is 2.95. The number of carbonyl (C=O) groups excluding carboxylic acids is 2. The molecule has 4 heterocycles. The van der Waals surface area contributed by atoms with Crippen LogP contribution in [0.15, 0.2) is 12.4 Å². The molecule has 0 saturated carbocycles. The number of aromatic nitrogens is 2. The third kappa shape index (κ3) is 3.42. The Kier molecular flexibility index (Phi) is 4.84. The number of ether oxygens (including phenoxy) is 1. The van der Waals surface area contributed by atoms with Crippen LogP contribution in [-0.4, -0.2) is 69.6 Å². The highest BCUT2D eigenvalue weighted by atomic mass is 16.5. The van der Waals surface area contributed by atoms with Crippen molar-refractivity contribution in [3.63, 3.8) is 0 Å². The molecule has 4 rings (SSSR count). The van der Waals surface area contributed by atoms with Crippen LogP contribution in [0.5, 0.6) is 0 Å². The Bertz CT molecular complexity index is 702. The van der Waals surface area contributed by atoms with Crippen molar-refractivity contribution < 1.29 is 14.3 Å². The molecule has 8 heteroatoms. The molecule has 1 aromatic rings. The molecule has 8 nitrogen and oxygen atoms in total. The van der Waals surface area contributed by atoms with E-state index in [4.69, 9.17) is 4.74 Å². The predicted octanol–water partition coefficient (Wildman–Crippen LogP) is 1.31. The summed E-state index contributed by atoms with van der Waals surface area (Å²) in [6.45, 7) is 7.27. The SMILES string of the molecule is CC(C)NC(=O)N1CCC2(CC1)O[C@@H](C(=O)N1CCCC1)Cn1ccnc12. The molecular formula is C19H29N5O3. The summed E-state index contributed by atoms with van der Waals surface area (Å²) in [5.41, 5.74) is -0.587. The number of rotatable bonds is 2. The lowest BCUT2D eigenvalue weighted by Crippen LogP contribution is -2.56. The second-order valence-corrected chi connectivity index (χ2v) is 8.13. The van der Waals surface area contributed by atoms with Gasteiger partial charge in [0.05, 0.1) is 6.54 Å². The van der Waals surface area contributed by atoms with Crippen LogP contribution < -0.4 is 5.32 Å². The number of nitrogens with one attached hydrogen (secondary N) is 1. The molecule has 3 aliphatic heterocycles. The molecule has 0 bridgehead atoms. The van der Waals surface area contributed by atoms with Gasteiger partial charge in [0, 0.05) is 57.5 Å². The van der Waals surface area contributed by atoms with E-state index in [0.29, 0.717) is 32.5 Å². The average Bonchev–Trinajstić information content (AvgIpc) is 3.33. The highest BCUT2D eigenvalue weighted by molar-refractivity contribution is 5.81. The minimum Gasteiger partial charge on any atom is -0.352 e. The van der Waals surface area contributed by atoms with Gasteiger partial charge in [0.1, 0.15) is 11.4 Å². The minimum atomic E-state index is -0.587. The predicted molar refractivity (Wildman–Crippen MR) is 99.1 cm³/mol. The summed E-state index contributed by atoms with van der Waals surface area (Å²) in [5.74, 6) is 0.975. The van der Waals surface area contributed by atoms with Gasteiger partial charge in [-0.05, 0) is 26.7 Å². The lowest BCUT2D eigenvalue weighted by atomic mass is 9.88. The van der Waals surface area contributed by atoms with Gasteiger partial charge in [-0.25, -0.2) is 9.78 Å². The molecule has 1 spiro atoms. The van der Waals surface area contributed by atoms with Gasteiger partial charge in [0.25, 0.3) is 5.91 Å². The fraction of sp³-hybridized carbons (Fsp3) is 0.737. The van der Waals surface area contributed by atoms with E-state index in [1.54, 1.807) is 6.20 Å². The summed E-state index contributed by atoms with van der Waals surface area (Å²) in [6, 6.07) is 0.0735. The van der Waals surface area contributed by atoms with E-state index >= 15 is 0 Å². The quantitative estimate of drug-likeness (QED) is 0.845. The Labute approximate surface area is 159 Å². The average molecular weight is 375 g/mol. The molecular weight excluding hydrogens is 346 g/mol. The zero-order valence-corrected chi connectivity index (χ0v) is 16.2. The topological polar surface area (TPSA) is 79.7 Å². The van der Waals surface area contributed by atoms with Crippen LogP contribution in [-0.2, 0) is 21.7 Å². The first kappa shape index (κ1) is 18.3. The summed E-state index contributed by atoms with van der Waals surface area (Å²) >= 11 is 0. The number of piperidine rings is 1. The fourth-order valence-corrected chi connectivity index (χ4v) is 4.42. The first-order valence-corrected chi connectivity index (χ1v) is 10.0. The Morgan fingerprint density at radius 3 is 2.56 bits per heavy atom. The minimum absolute atomic E-state index is 0.0382. The van der Waals surface area contributed by atoms with Crippen LogP contribution in [0.3, 0.4) is 0 Å². The molecule has 0 aromatic carbocycles. The summed E-state index contributed by atoms with van der Waals surface area (Å²) < 4.78 is 8.51. The van der Waals surface area contributed by atoms with Crippen molar-refractivity contribution in [1.29, 1.82) is 0 Å². The van der Waals surface area contributed by atoms with Gasteiger partial charge in [-0.1, -0.05) is 0 Å². The smallest absolute Gasteiger partial charge is 0.317 e. The van der Waals surface area contributed by atoms with Crippen molar-refractivity contribution in [2.75, 3.05) is 26.2 Å². The van der Waals surface area contributed by atoms with Crippen LogP contribution in [0.1, 0.15) is 45.4 Å². The molecule has 3 amide bonds. The molecule has 2 fully saturated rings. The maximum atomic E-state index is 12.9. The Morgan fingerprint density at radius 1 is 1.19 bits per heavy atom. The molecule has 27 heavy (non-hydrogen) atoms. The van der Waals surface area contributed by atoms with Crippen LogP contribution in [0, 0.1) is 0 Å². The van der Waals surface area contributed by atoms with E-state index in [1.165, 1.54) is 0 Å². The molecule has 0 aliphatic carbocycles. The van der Waals surface area contributed by atoms with Crippen molar-refractivity contribution in [3.8, 4) is 0 Å². The molecule has 1 aromatic heterocycles. The van der Waals surface area contributed by atoms with Crippen molar-refractivity contribution in [2.45, 2.75) is 63.8 Å². The van der Waals surface area contributed by atoms with Crippen molar-refractivity contribution >= 4 is 11.9 Å². The van der Waals surface area contributed by atoms with Crippen LogP contribution in [0.2, 0.25) is 0 Å². The molecule has 2 saturated heterocycles. The molecule has 0 unspecified atom stereocenters. The second kappa shape index (κ2) is 7.14. The van der Waals surface area contributed by atoms with Gasteiger partial charge in [0.2, 0.25) is 0 Å². The van der Waals surface area contributed by atoms with Crippen LogP contribution >= 0.6 is 0 Å². The number of fused-ring (bicyclic) bond motifs is 2. The van der Waals surface area contributed by atoms with E-state index in [2.05, 4.69) is 14.9 Å². The first-order chi connectivity index (χ1) is 13.0. The van der Waals surface area contributed by atoms with Crippen LogP contribution in [0.4, 0.5) is 4.79 Å². The number of imidazole rings is 1. The fourth-order valence-electron chi connectivity index (χ4n) is 4.42. The number of likely N-dealkylation sites (tertiary alicyclic amines) is 2. The Hall–Kier alpha value is -2.09. The summed E-state index contributed by atoms with van der Waals surface area (Å²) in [7, 11) is 0. The molecule has 0 radical (unpaired) electrons. The Balaban J connectivity index is 1.50. The van der Waals surface area contributed by atoms with Crippen LogP contribution in [0.25, 0.3) is 0 Å². The highest BCUT2D eigenvalue weighted by Gasteiger charge is 2.48. The first-order valence-electron chi connectivity index (χ1n) is 10.0.